The fourth-order valence-corrected chi connectivity index (χ4v) is 0.948. The Morgan fingerprint density at radius 1 is 1.75 bits per heavy atom. The second kappa shape index (κ2) is 3.90. The number of carbonyl (C=O) groups excluding carboxylic acids is 1. The molecule has 0 saturated heterocycles. The van der Waals surface area contributed by atoms with E-state index < -0.39 is 6.67 Å². The van der Waals surface area contributed by atoms with Crippen LogP contribution in [0.1, 0.15) is 10.5 Å². The predicted molar refractivity (Wildman–Crippen MR) is 43.7 cm³/mol. The largest absolute Gasteiger partial charge is 0.348 e. The molecule has 0 atom stereocenters. The van der Waals surface area contributed by atoms with E-state index in [0.29, 0.717) is 5.69 Å². The van der Waals surface area contributed by atoms with Crippen molar-refractivity contribution in [2.24, 2.45) is 7.05 Å². The zero-order valence-corrected chi connectivity index (χ0v) is 6.88. The van der Waals surface area contributed by atoms with Crippen LogP contribution in [-0.4, -0.2) is 23.7 Å². The Morgan fingerprint density at radius 2 is 2.50 bits per heavy atom. The van der Waals surface area contributed by atoms with Crippen LogP contribution in [0, 0.1) is 0 Å². The van der Waals surface area contributed by atoms with Crippen LogP contribution in [0.3, 0.4) is 0 Å². The van der Waals surface area contributed by atoms with E-state index in [1.165, 1.54) is 0 Å². The molecule has 1 aromatic heterocycles. The molecule has 0 bridgehead atoms. The van der Waals surface area contributed by atoms with Gasteiger partial charge in [0, 0.05) is 19.8 Å². The maximum absolute atomic E-state index is 11.7. The zero-order valence-electron chi connectivity index (χ0n) is 6.88. The van der Waals surface area contributed by atoms with Crippen molar-refractivity contribution in [1.82, 2.24) is 9.88 Å². The van der Waals surface area contributed by atoms with Crippen molar-refractivity contribution in [1.29, 1.82) is 0 Å². The number of nitrogens with zero attached hydrogens (tertiary/aromatic N) is 1. The third-order valence-corrected chi connectivity index (χ3v) is 1.56. The third kappa shape index (κ3) is 1.84. The second-order valence-corrected chi connectivity index (χ2v) is 2.45. The smallest absolute Gasteiger partial charge is 0.267 e. The number of nitrogens with one attached hydrogen (secondary N) is 1. The third-order valence-electron chi connectivity index (χ3n) is 1.56. The Labute approximate surface area is 70.2 Å². The molecular weight excluding hydrogens is 159 g/mol. The summed E-state index contributed by atoms with van der Waals surface area (Å²) in [5.41, 5.74) is 0.545. The number of alkyl halides is 1. The van der Waals surface area contributed by atoms with Crippen LogP contribution in [0.15, 0.2) is 18.3 Å². The summed E-state index contributed by atoms with van der Waals surface area (Å²) in [7, 11) is 1.77. The molecular formula is C8H11FN2O. The number of carbonyl (C=O) groups is 1. The fourth-order valence-electron chi connectivity index (χ4n) is 0.948. The van der Waals surface area contributed by atoms with Crippen molar-refractivity contribution < 1.29 is 9.18 Å². The summed E-state index contributed by atoms with van der Waals surface area (Å²) in [4.78, 5) is 11.2. The van der Waals surface area contributed by atoms with Gasteiger partial charge in [-0.25, -0.2) is 4.39 Å². The van der Waals surface area contributed by atoms with Gasteiger partial charge < -0.3 is 9.88 Å². The van der Waals surface area contributed by atoms with Crippen molar-refractivity contribution >= 4 is 5.91 Å². The van der Waals surface area contributed by atoms with E-state index in [1.54, 1.807) is 29.9 Å². The monoisotopic (exact) mass is 170 g/mol. The first kappa shape index (κ1) is 8.77. The number of halogens is 1. The van der Waals surface area contributed by atoms with Crippen LogP contribution in [0.5, 0.6) is 0 Å². The quantitative estimate of drug-likeness (QED) is 0.712. The van der Waals surface area contributed by atoms with E-state index in [0.717, 1.165) is 0 Å². The van der Waals surface area contributed by atoms with E-state index >= 15 is 0 Å². The Balaban J connectivity index is 2.59. The van der Waals surface area contributed by atoms with Gasteiger partial charge in [-0.15, -0.1) is 0 Å². The van der Waals surface area contributed by atoms with Gasteiger partial charge in [-0.1, -0.05) is 0 Å². The minimum absolute atomic E-state index is 0.0734. The van der Waals surface area contributed by atoms with Crippen LogP contribution >= 0.6 is 0 Å². The van der Waals surface area contributed by atoms with E-state index in [2.05, 4.69) is 5.32 Å². The Bertz CT molecular complexity index is 270. The van der Waals surface area contributed by atoms with Gasteiger partial charge in [0.2, 0.25) is 0 Å². The normalized spacial score (nSPS) is 9.83. The van der Waals surface area contributed by atoms with Gasteiger partial charge in [0.1, 0.15) is 12.4 Å². The molecule has 66 valence electrons. The molecule has 1 rings (SSSR count). The van der Waals surface area contributed by atoms with Gasteiger partial charge in [0.15, 0.2) is 0 Å². The highest BCUT2D eigenvalue weighted by Gasteiger charge is 2.06. The Morgan fingerprint density at radius 3 is 3.00 bits per heavy atom. The summed E-state index contributed by atoms with van der Waals surface area (Å²) >= 11 is 0. The van der Waals surface area contributed by atoms with E-state index in [-0.39, 0.29) is 12.5 Å². The molecule has 12 heavy (non-hydrogen) atoms. The van der Waals surface area contributed by atoms with Crippen molar-refractivity contribution in [2.75, 3.05) is 13.2 Å². The number of hydrogen-bond donors (Lipinski definition) is 1. The van der Waals surface area contributed by atoms with Gasteiger partial charge in [-0.2, -0.15) is 0 Å². The molecule has 4 heteroatoms. The summed E-state index contributed by atoms with van der Waals surface area (Å²) in [5, 5.41) is 2.44. The van der Waals surface area contributed by atoms with E-state index in [9.17, 15) is 9.18 Å². The number of aryl methyl sites for hydroxylation is 1. The average Bonchev–Trinajstić information content (AvgIpc) is 2.47. The Kier molecular flexibility index (Phi) is 2.85. The van der Waals surface area contributed by atoms with Crippen LogP contribution < -0.4 is 5.32 Å². The SMILES string of the molecule is Cn1cccc1C(=O)NCCF. The molecule has 0 saturated carbocycles. The van der Waals surface area contributed by atoms with E-state index in [1.807, 2.05) is 0 Å². The van der Waals surface area contributed by atoms with Crippen LogP contribution in [0.4, 0.5) is 4.39 Å². The summed E-state index contributed by atoms with van der Waals surface area (Å²) < 4.78 is 13.4. The van der Waals surface area contributed by atoms with Gasteiger partial charge in [0.05, 0.1) is 0 Å². The minimum Gasteiger partial charge on any atom is -0.348 e. The maximum Gasteiger partial charge on any atom is 0.267 e. The molecule has 0 fully saturated rings. The summed E-state index contributed by atoms with van der Waals surface area (Å²) in [6.45, 7) is -0.458. The van der Waals surface area contributed by atoms with Crippen LogP contribution in [0.25, 0.3) is 0 Å². The number of amides is 1. The first-order valence-electron chi connectivity index (χ1n) is 3.71. The van der Waals surface area contributed by atoms with Crippen molar-refractivity contribution in [3.63, 3.8) is 0 Å². The minimum atomic E-state index is -0.532. The molecule has 1 N–H and O–H groups in total. The average molecular weight is 170 g/mol. The summed E-state index contributed by atoms with van der Waals surface area (Å²) in [6.07, 6.45) is 1.77. The predicted octanol–water partition coefficient (Wildman–Crippen LogP) is 0.724. The molecule has 0 radical (unpaired) electrons. The van der Waals surface area contributed by atoms with Crippen molar-refractivity contribution in [3.8, 4) is 0 Å². The van der Waals surface area contributed by atoms with Crippen molar-refractivity contribution in [3.05, 3.63) is 24.0 Å². The van der Waals surface area contributed by atoms with Crippen molar-refractivity contribution in [2.45, 2.75) is 0 Å². The molecule has 1 amide bonds. The lowest BCUT2D eigenvalue weighted by atomic mass is 10.4. The van der Waals surface area contributed by atoms with Crippen LogP contribution in [0.2, 0.25) is 0 Å². The number of hydrogen-bond acceptors (Lipinski definition) is 1. The summed E-state index contributed by atoms with van der Waals surface area (Å²) in [5.74, 6) is -0.236. The van der Waals surface area contributed by atoms with Gasteiger partial charge in [0.25, 0.3) is 5.91 Å². The molecule has 0 aliphatic rings. The highest BCUT2D eigenvalue weighted by atomic mass is 19.1. The maximum atomic E-state index is 11.7. The molecule has 0 aromatic carbocycles. The molecule has 1 heterocycles. The van der Waals surface area contributed by atoms with E-state index in [4.69, 9.17) is 0 Å². The lowest BCUT2D eigenvalue weighted by Crippen LogP contribution is -2.27. The topological polar surface area (TPSA) is 34.0 Å². The first-order chi connectivity index (χ1) is 5.75. The highest BCUT2D eigenvalue weighted by Crippen LogP contribution is 1.98. The summed E-state index contributed by atoms with van der Waals surface area (Å²) in [6, 6.07) is 3.46. The second-order valence-electron chi connectivity index (χ2n) is 2.45. The first-order valence-corrected chi connectivity index (χ1v) is 3.71. The zero-order chi connectivity index (χ0) is 8.97. The standard InChI is InChI=1S/C8H11FN2O/c1-11-6-2-3-7(11)8(12)10-5-4-9/h2-3,6H,4-5H2,1H3,(H,10,12). The number of rotatable bonds is 3. The fraction of sp³-hybridized carbons (Fsp3) is 0.375. The molecule has 0 spiro atoms. The lowest BCUT2D eigenvalue weighted by molar-refractivity contribution is 0.0943. The number of aromatic nitrogens is 1. The molecule has 0 aliphatic carbocycles. The molecule has 0 aliphatic heterocycles. The molecule has 0 unspecified atom stereocenters. The van der Waals surface area contributed by atoms with Gasteiger partial charge >= 0.3 is 0 Å². The highest BCUT2D eigenvalue weighted by molar-refractivity contribution is 5.92. The molecule has 1 aromatic rings. The van der Waals surface area contributed by atoms with Crippen LogP contribution in [-0.2, 0) is 7.05 Å². The lowest BCUT2D eigenvalue weighted by Gasteiger charge is -2.02. The van der Waals surface area contributed by atoms with Gasteiger partial charge in [-0.05, 0) is 12.1 Å². The molecule has 3 nitrogen and oxygen atoms in total. The Hall–Kier alpha value is -1.32. The van der Waals surface area contributed by atoms with Gasteiger partial charge in [-0.3, -0.25) is 4.79 Å².